The van der Waals surface area contributed by atoms with Gasteiger partial charge in [-0.2, -0.15) is 0 Å². The number of amides is 2. The second-order valence-electron chi connectivity index (χ2n) is 10.9. The molecule has 0 unspecified atom stereocenters. The fraction of sp³-hybridized carbons (Fsp3) is 0.278. The minimum absolute atomic E-state index is 0.0400. The van der Waals surface area contributed by atoms with Crippen LogP contribution in [-0.2, 0) is 32.6 Å². The van der Waals surface area contributed by atoms with E-state index in [1.54, 1.807) is 36.4 Å². The maximum absolute atomic E-state index is 14.6. The Balaban J connectivity index is 1.82. The van der Waals surface area contributed by atoms with Gasteiger partial charge in [0.15, 0.2) is 0 Å². The minimum atomic E-state index is -4.24. The number of hydrogen-bond acceptors (Lipinski definition) is 5. The van der Waals surface area contributed by atoms with Crippen molar-refractivity contribution in [3.05, 3.63) is 124 Å². The maximum Gasteiger partial charge on any atom is 0.264 e. The SMILES string of the molecule is CCCNC(=O)[C@@H](Cc1ccccc1)N(Cc1ccc(Br)cc1)C(=O)CN(c1ccccc1OCC)S(=O)(=O)c1ccc(C)cc1. The summed E-state index contributed by atoms with van der Waals surface area (Å²) in [5, 5.41) is 2.96. The van der Waals surface area contributed by atoms with E-state index in [0.717, 1.165) is 31.9 Å². The summed E-state index contributed by atoms with van der Waals surface area (Å²) in [6.07, 6.45) is 0.972. The zero-order chi connectivity index (χ0) is 33.1. The van der Waals surface area contributed by atoms with Crippen LogP contribution in [0.15, 0.2) is 112 Å². The summed E-state index contributed by atoms with van der Waals surface area (Å²) in [7, 11) is -4.24. The number of hydrogen-bond donors (Lipinski definition) is 1. The van der Waals surface area contributed by atoms with Gasteiger partial charge in [-0.15, -0.1) is 0 Å². The third-order valence-corrected chi connectivity index (χ3v) is 9.71. The fourth-order valence-electron chi connectivity index (χ4n) is 5.00. The van der Waals surface area contributed by atoms with Crippen molar-refractivity contribution in [2.24, 2.45) is 0 Å². The summed E-state index contributed by atoms with van der Waals surface area (Å²) in [4.78, 5) is 29.9. The van der Waals surface area contributed by atoms with E-state index in [1.165, 1.54) is 17.0 Å². The number of halogens is 1. The van der Waals surface area contributed by atoms with E-state index in [4.69, 9.17) is 4.74 Å². The molecule has 0 aromatic heterocycles. The highest BCUT2D eigenvalue weighted by Crippen LogP contribution is 2.33. The van der Waals surface area contributed by atoms with E-state index in [1.807, 2.05) is 75.4 Å². The maximum atomic E-state index is 14.6. The van der Waals surface area contributed by atoms with Crippen molar-refractivity contribution < 1.29 is 22.7 Å². The zero-order valence-electron chi connectivity index (χ0n) is 26.4. The van der Waals surface area contributed by atoms with Gasteiger partial charge in [-0.05, 0) is 67.8 Å². The molecule has 4 aromatic rings. The van der Waals surface area contributed by atoms with Gasteiger partial charge in [0.1, 0.15) is 18.3 Å². The van der Waals surface area contributed by atoms with Gasteiger partial charge in [0, 0.05) is 24.0 Å². The molecular formula is C36H40BrN3O5S. The van der Waals surface area contributed by atoms with Gasteiger partial charge in [-0.25, -0.2) is 8.42 Å². The van der Waals surface area contributed by atoms with Crippen LogP contribution < -0.4 is 14.4 Å². The highest BCUT2D eigenvalue weighted by molar-refractivity contribution is 9.10. The van der Waals surface area contributed by atoms with Gasteiger partial charge in [0.25, 0.3) is 10.0 Å². The van der Waals surface area contributed by atoms with E-state index >= 15 is 0 Å². The van der Waals surface area contributed by atoms with Crippen molar-refractivity contribution in [3.63, 3.8) is 0 Å². The standard InChI is InChI=1S/C36H40BrN3O5S/c1-4-23-38-36(42)33(24-28-11-7-6-8-12-28)39(25-29-17-19-30(37)20-18-29)35(41)26-40(32-13-9-10-14-34(32)45-5-2)46(43,44)31-21-15-27(3)16-22-31/h6-22,33H,4-5,23-26H2,1-3H3,(H,38,42)/t33-/m1/s1. The molecule has 0 aliphatic heterocycles. The van der Waals surface area contributed by atoms with E-state index < -0.39 is 28.5 Å². The molecule has 0 aliphatic carbocycles. The van der Waals surface area contributed by atoms with Crippen molar-refractivity contribution >= 4 is 43.5 Å². The number of carbonyl (C=O) groups is 2. The second kappa shape index (κ2) is 16.4. The predicted octanol–water partition coefficient (Wildman–Crippen LogP) is 6.52. The Hall–Kier alpha value is -4.15. The molecule has 0 saturated heterocycles. The molecule has 10 heteroatoms. The highest BCUT2D eigenvalue weighted by Gasteiger charge is 2.35. The van der Waals surface area contributed by atoms with Crippen molar-refractivity contribution in [1.82, 2.24) is 10.2 Å². The molecule has 242 valence electrons. The second-order valence-corrected chi connectivity index (χ2v) is 13.6. The van der Waals surface area contributed by atoms with Crippen LogP contribution in [0.1, 0.15) is 37.0 Å². The minimum Gasteiger partial charge on any atom is -0.492 e. The Morgan fingerprint density at radius 2 is 1.50 bits per heavy atom. The van der Waals surface area contributed by atoms with Gasteiger partial charge in [-0.1, -0.05) is 95.1 Å². The normalized spacial score (nSPS) is 11.8. The zero-order valence-corrected chi connectivity index (χ0v) is 28.8. The van der Waals surface area contributed by atoms with Crippen LogP contribution in [-0.4, -0.2) is 50.9 Å². The molecule has 1 N–H and O–H groups in total. The molecule has 2 amide bonds. The van der Waals surface area contributed by atoms with E-state index in [9.17, 15) is 18.0 Å². The Bertz CT molecular complexity index is 1700. The number of para-hydroxylation sites is 2. The molecule has 0 fully saturated rings. The molecule has 0 spiro atoms. The third-order valence-electron chi connectivity index (χ3n) is 7.41. The van der Waals surface area contributed by atoms with Crippen LogP contribution in [0.5, 0.6) is 5.75 Å². The van der Waals surface area contributed by atoms with Crippen LogP contribution in [0.4, 0.5) is 5.69 Å². The Morgan fingerprint density at radius 3 is 2.15 bits per heavy atom. The van der Waals surface area contributed by atoms with Crippen molar-refractivity contribution in [2.45, 2.75) is 51.1 Å². The lowest BCUT2D eigenvalue weighted by Gasteiger charge is -2.34. The number of carbonyl (C=O) groups excluding carboxylic acids is 2. The first-order valence-corrected chi connectivity index (χ1v) is 17.5. The van der Waals surface area contributed by atoms with Gasteiger partial charge < -0.3 is 15.0 Å². The number of ether oxygens (including phenoxy) is 1. The average molecular weight is 707 g/mol. The first-order valence-electron chi connectivity index (χ1n) is 15.3. The molecule has 8 nitrogen and oxygen atoms in total. The van der Waals surface area contributed by atoms with Crippen molar-refractivity contribution in [2.75, 3.05) is 24.0 Å². The van der Waals surface area contributed by atoms with Crippen LogP contribution in [0, 0.1) is 6.92 Å². The lowest BCUT2D eigenvalue weighted by Crippen LogP contribution is -2.53. The summed E-state index contributed by atoms with van der Waals surface area (Å²) < 4.78 is 36.4. The Morgan fingerprint density at radius 1 is 0.848 bits per heavy atom. The monoisotopic (exact) mass is 705 g/mol. The number of nitrogens with one attached hydrogen (secondary N) is 1. The Kier molecular flexibility index (Phi) is 12.4. The summed E-state index contributed by atoms with van der Waals surface area (Å²) >= 11 is 3.46. The van der Waals surface area contributed by atoms with Gasteiger partial charge in [0.05, 0.1) is 17.2 Å². The lowest BCUT2D eigenvalue weighted by molar-refractivity contribution is -0.140. The topological polar surface area (TPSA) is 96.0 Å². The van der Waals surface area contributed by atoms with E-state index in [0.29, 0.717) is 18.9 Å². The van der Waals surface area contributed by atoms with Crippen molar-refractivity contribution in [1.29, 1.82) is 0 Å². The Labute approximate surface area is 280 Å². The number of aryl methyl sites for hydroxylation is 1. The summed E-state index contributed by atoms with van der Waals surface area (Å²) in [6, 6.07) is 29.3. The molecule has 0 aliphatic rings. The van der Waals surface area contributed by atoms with Crippen LogP contribution >= 0.6 is 15.9 Å². The largest absolute Gasteiger partial charge is 0.492 e. The fourth-order valence-corrected chi connectivity index (χ4v) is 6.69. The van der Waals surface area contributed by atoms with Crippen LogP contribution in [0.3, 0.4) is 0 Å². The smallest absolute Gasteiger partial charge is 0.264 e. The highest BCUT2D eigenvalue weighted by atomic mass is 79.9. The van der Waals surface area contributed by atoms with Crippen LogP contribution in [0.2, 0.25) is 0 Å². The first kappa shape index (κ1) is 34.7. The van der Waals surface area contributed by atoms with Gasteiger partial charge in [0.2, 0.25) is 11.8 Å². The number of anilines is 1. The molecule has 46 heavy (non-hydrogen) atoms. The third kappa shape index (κ3) is 8.98. The number of nitrogens with zero attached hydrogens (tertiary/aromatic N) is 2. The average Bonchev–Trinajstić information content (AvgIpc) is 3.06. The van der Waals surface area contributed by atoms with Gasteiger partial charge in [-0.3, -0.25) is 13.9 Å². The van der Waals surface area contributed by atoms with Crippen LogP contribution in [0.25, 0.3) is 0 Å². The number of rotatable bonds is 15. The number of benzene rings is 4. The van der Waals surface area contributed by atoms with Gasteiger partial charge >= 0.3 is 0 Å². The molecule has 4 aromatic carbocycles. The molecule has 4 rings (SSSR count). The van der Waals surface area contributed by atoms with E-state index in [2.05, 4.69) is 21.2 Å². The number of sulfonamides is 1. The summed E-state index contributed by atoms with van der Waals surface area (Å²) in [6.45, 7) is 5.93. The molecular weight excluding hydrogens is 666 g/mol. The van der Waals surface area contributed by atoms with Crippen molar-refractivity contribution in [3.8, 4) is 5.75 Å². The molecule has 0 saturated carbocycles. The lowest BCUT2D eigenvalue weighted by atomic mass is 10.0. The first-order chi connectivity index (χ1) is 22.1. The summed E-state index contributed by atoms with van der Waals surface area (Å²) in [5.41, 5.74) is 2.80. The quantitative estimate of drug-likeness (QED) is 0.152. The predicted molar refractivity (Wildman–Crippen MR) is 185 cm³/mol. The molecule has 0 heterocycles. The molecule has 0 bridgehead atoms. The molecule has 1 atom stereocenters. The molecule has 0 radical (unpaired) electrons. The van der Waals surface area contributed by atoms with E-state index in [-0.39, 0.29) is 29.5 Å². The summed E-state index contributed by atoms with van der Waals surface area (Å²) in [5.74, 6) is -0.509.